The van der Waals surface area contributed by atoms with E-state index < -0.39 is 0 Å². The minimum Gasteiger partial charge on any atom is -0.309 e. The lowest BCUT2D eigenvalue weighted by molar-refractivity contribution is 1.18. The van der Waals surface area contributed by atoms with Gasteiger partial charge in [0, 0.05) is 32.9 Å². The molecule has 0 saturated heterocycles. The lowest BCUT2D eigenvalue weighted by Gasteiger charge is -2.14. The van der Waals surface area contributed by atoms with E-state index >= 15 is 0 Å². The van der Waals surface area contributed by atoms with E-state index in [1.807, 2.05) is 12.2 Å². The molecular weight excluding hydrogens is 689 g/mol. The third kappa shape index (κ3) is 6.00. The van der Waals surface area contributed by atoms with Crippen molar-refractivity contribution in [2.24, 2.45) is 0 Å². The van der Waals surface area contributed by atoms with Gasteiger partial charge in [0.15, 0.2) is 0 Å². The van der Waals surface area contributed by atoms with Crippen molar-refractivity contribution in [3.63, 3.8) is 0 Å². The minimum absolute atomic E-state index is 1.14. The van der Waals surface area contributed by atoms with E-state index in [9.17, 15) is 0 Å². The molecule has 8 aromatic carbocycles. The molecule has 10 aromatic rings. The highest BCUT2D eigenvalue weighted by atomic mass is 15.0. The largest absolute Gasteiger partial charge is 0.309 e. The van der Waals surface area contributed by atoms with Crippen LogP contribution in [0.5, 0.6) is 0 Å². The molecule has 10 rings (SSSR count). The van der Waals surface area contributed by atoms with Crippen LogP contribution in [0, 0.1) is 0 Å². The van der Waals surface area contributed by atoms with Crippen LogP contribution >= 0.6 is 0 Å². The van der Waals surface area contributed by atoms with Crippen LogP contribution in [0.4, 0.5) is 0 Å². The van der Waals surface area contributed by atoms with Gasteiger partial charge >= 0.3 is 0 Å². The second-order valence-electron chi connectivity index (χ2n) is 14.6. The van der Waals surface area contributed by atoms with Crippen LogP contribution in [0.3, 0.4) is 0 Å². The lowest BCUT2D eigenvalue weighted by atomic mass is 9.98. The van der Waals surface area contributed by atoms with E-state index in [0.717, 1.165) is 11.4 Å². The van der Waals surface area contributed by atoms with Crippen molar-refractivity contribution in [1.82, 2.24) is 9.13 Å². The van der Waals surface area contributed by atoms with Gasteiger partial charge in [0.25, 0.3) is 0 Å². The molecule has 0 N–H and O–H groups in total. The molecule has 270 valence electrons. The average molecular weight is 729 g/mol. The zero-order valence-electron chi connectivity index (χ0n) is 31.8. The zero-order valence-corrected chi connectivity index (χ0v) is 31.8. The van der Waals surface area contributed by atoms with Gasteiger partial charge in [-0.3, -0.25) is 0 Å². The maximum absolute atomic E-state index is 3.84. The minimum atomic E-state index is 1.14. The number of fused-ring (bicyclic) bond motifs is 6. The monoisotopic (exact) mass is 728 g/mol. The Balaban J connectivity index is 1.14. The van der Waals surface area contributed by atoms with Gasteiger partial charge in [-0.05, 0) is 112 Å². The molecule has 0 atom stereocenters. The van der Waals surface area contributed by atoms with Crippen LogP contribution in [0.1, 0.15) is 12.5 Å². The van der Waals surface area contributed by atoms with Crippen molar-refractivity contribution in [1.29, 1.82) is 0 Å². The highest BCUT2D eigenvalue weighted by Gasteiger charge is 2.17. The number of benzene rings is 8. The number of para-hydroxylation sites is 2. The molecule has 0 aliphatic rings. The van der Waals surface area contributed by atoms with Gasteiger partial charge in [-0.2, -0.15) is 0 Å². The van der Waals surface area contributed by atoms with E-state index in [1.165, 1.54) is 88.1 Å². The fourth-order valence-electron chi connectivity index (χ4n) is 8.53. The maximum Gasteiger partial charge on any atom is 0.0547 e. The summed E-state index contributed by atoms with van der Waals surface area (Å²) in [4.78, 5) is 0. The van der Waals surface area contributed by atoms with E-state index in [0.29, 0.717) is 0 Å². The number of allylic oxidation sites excluding steroid dienone is 5. The molecule has 0 bridgehead atoms. The van der Waals surface area contributed by atoms with Crippen LogP contribution in [0.25, 0.3) is 93.9 Å². The Morgan fingerprint density at radius 3 is 1.56 bits per heavy atom. The second-order valence-corrected chi connectivity index (χ2v) is 14.6. The Kier molecular flexibility index (Phi) is 8.58. The number of hydrogen-bond acceptors (Lipinski definition) is 0. The van der Waals surface area contributed by atoms with Crippen LogP contribution in [-0.4, -0.2) is 9.13 Å². The Labute approximate surface area is 333 Å². The molecule has 0 amide bonds. The van der Waals surface area contributed by atoms with Gasteiger partial charge in [0.05, 0.1) is 22.1 Å². The predicted octanol–water partition coefficient (Wildman–Crippen LogP) is 15.0. The molecular formula is C55H40N2. The van der Waals surface area contributed by atoms with E-state index in [-0.39, 0.29) is 0 Å². The van der Waals surface area contributed by atoms with Crippen molar-refractivity contribution in [2.75, 3.05) is 0 Å². The normalized spacial score (nSPS) is 12.1. The van der Waals surface area contributed by atoms with Gasteiger partial charge in [0.1, 0.15) is 0 Å². The van der Waals surface area contributed by atoms with Gasteiger partial charge in [-0.25, -0.2) is 0 Å². The van der Waals surface area contributed by atoms with E-state index in [2.05, 4.69) is 223 Å². The molecule has 0 aliphatic carbocycles. The maximum atomic E-state index is 3.84. The number of rotatable bonds is 8. The number of nitrogens with zero attached hydrogens (tertiary/aromatic N) is 2. The summed E-state index contributed by atoms with van der Waals surface area (Å²) in [5, 5.41) is 4.96. The van der Waals surface area contributed by atoms with Crippen molar-refractivity contribution in [2.45, 2.75) is 6.92 Å². The number of aromatic nitrogens is 2. The van der Waals surface area contributed by atoms with Gasteiger partial charge < -0.3 is 9.13 Å². The molecule has 2 nitrogen and oxygen atoms in total. The number of hydrogen-bond donors (Lipinski definition) is 0. The first-order valence-electron chi connectivity index (χ1n) is 19.6. The SMILES string of the molecule is C=C/C=C\C(=C/C)c1ccc(-n2c3ccccc3c3cc(-c4ccc5c6ccccc6n(-c6cc(-c7ccccc7)cc(-c7ccccc7)c6)c5c4)ccc32)cc1. The third-order valence-corrected chi connectivity index (χ3v) is 11.3. The summed E-state index contributed by atoms with van der Waals surface area (Å²) in [6.07, 6.45) is 8.03. The molecule has 57 heavy (non-hydrogen) atoms. The summed E-state index contributed by atoms with van der Waals surface area (Å²) in [6.45, 7) is 5.91. The molecule has 0 aliphatic heterocycles. The van der Waals surface area contributed by atoms with Gasteiger partial charge in [-0.15, -0.1) is 0 Å². The summed E-state index contributed by atoms with van der Waals surface area (Å²) in [5.41, 5.74) is 16.5. The smallest absolute Gasteiger partial charge is 0.0547 e. The molecule has 0 fully saturated rings. The molecule has 2 aromatic heterocycles. The molecule has 0 unspecified atom stereocenters. The summed E-state index contributed by atoms with van der Waals surface area (Å²) >= 11 is 0. The van der Waals surface area contributed by atoms with Gasteiger partial charge in [-0.1, -0.05) is 158 Å². The average Bonchev–Trinajstić information content (AvgIpc) is 3.79. The highest BCUT2D eigenvalue weighted by molar-refractivity contribution is 6.12. The zero-order chi connectivity index (χ0) is 38.3. The standard InChI is InChI=1S/C55H40N2/c1-3-5-16-38(4-2)41-25-29-46(30-26-41)56-53-24-15-13-22-49(53)51-36-42(28-32-54(51)56)43-27-31-50-48-21-12-14-23-52(48)57(55(50)37-43)47-34-44(39-17-8-6-9-18-39)33-45(35-47)40-19-10-7-11-20-40/h3-37H,1H2,2H3/b16-5-,38-4+. The van der Waals surface area contributed by atoms with Crippen molar-refractivity contribution >= 4 is 49.2 Å². The Bertz CT molecular complexity index is 3110. The van der Waals surface area contributed by atoms with Crippen LogP contribution in [-0.2, 0) is 0 Å². The van der Waals surface area contributed by atoms with Crippen LogP contribution < -0.4 is 0 Å². The van der Waals surface area contributed by atoms with Gasteiger partial charge in [0.2, 0.25) is 0 Å². The Hall–Kier alpha value is -7.42. The van der Waals surface area contributed by atoms with Crippen molar-refractivity contribution < 1.29 is 0 Å². The molecule has 0 spiro atoms. The second kappa shape index (κ2) is 14.3. The summed E-state index contributed by atoms with van der Waals surface area (Å²) in [5.74, 6) is 0. The lowest BCUT2D eigenvalue weighted by Crippen LogP contribution is -1.96. The summed E-state index contributed by atoms with van der Waals surface area (Å²) < 4.78 is 4.84. The van der Waals surface area contributed by atoms with Crippen molar-refractivity contribution in [3.8, 4) is 44.8 Å². The van der Waals surface area contributed by atoms with Crippen LogP contribution in [0.15, 0.2) is 219 Å². The molecule has 0 radical (unpaired) electrons. The van der Waals surface area contributed by atoms with Crippen molar-refractivity contribution in [3.05, 3.63) is 225 Å². The predicted molar refractivity (Wildman–Crippen MR) is 244 cm³/mol. The quantitative estimate of drug-likeness (QED) is 0.138. The first-order valence-corrected chi connectivity index (χ1v) is 19.6. The summed E-state index contributed by atoms with van der Waals surface area (Å²) in [7, 11) is 0. The Morgan fingerprint density at radius 2 is 0.930 bits per heavy atom. The third-order valence-electron chi connectivity index (χ3n) is 11.3. The topological polar surface area (TPSA) is 9.86 Å². The van der Waals surface area contributed by atoms with Crippen LogP contribution in [0.2, 0.25) is 0 Å². The first-order chi connectivity index (χ1) is 28.2. The molecule has 0 saturated carbocycles. The van der Waals surface area contributed by atoms with E-state index in [4.69, 9.17) is 0 Å². The molecule has 2 heteroatoms. The first kappa shape index (κ1) is 34.1. The summed E-state index contributed by atoms with van der Waals surface area (Å²) in [6, 6.07) is 68.7. The Morgan fingerprint density at radius 1 is 0.404 bits per heavy atom. The molecule has 2 heterocycles. The fourth-order valence-corrected chi connectivity index (χ4v) is 8.53. The highest BCUT2D eigenvalue weighted by Crippen LogP contribution is 2.40. The van der Waals surface area contributed by atoms with E-state index in [1.54, 1.807) is 0 Å². The fraction of sp³-hybridized carbons (Fsp3) is 0.0182.